The van der Waals surface area contributed by atoms with Crippen molar-refractivity contribution in [3.8, 4) is 0 Å². The Bertz CT molecular complexity index is 482. The van der Waals surface area contributed by atoms with E-state index in [2.05, 4.69) is 11.0 Å². The molecule has 0 bridgehead atoms. The van der Waals surface area contributed by atoms with Gasteiger partial charge in [0.2, 0.25) is 0 Å². The lowest BCUT2D eigenvalue weighted by molar-refractivity contribution is 0.135. The summed E-state index contributed by atoms with van der Waals surface area (Å²) in [6.07, 6.45) is 7.99. The van der Waals surface area contributed by atoms with Crippen LogP contribution in [0.15, 0.2) is 12.1 Å². The van der Waals surface area contributed by atoms with Crippen LogP contribution in [0, 0.1) is 0 Å². The highest BCUT2D eigenvalue weighted by Gasteiger charge is 2.35. The van der Waals surface area contributed by atoms with Crippen molar-refractivity contribution < 1.29 is 0 Å². The molecule has 0 spiro atoms. The highest BCUT2D eigenvalue weighted by atomic mass is 35.5. The number of nitrogens with zero attached hydrogens (tertiary/aromatic N) is 1. The van der Waals surface area contributed by atoms with Crippen LogP contribution >= 0.6 is 23.2 Å². The number of benzene rings is 1. The molecule has 1 unspecified atom stereocenters. The van der Waals surface area contributed by atoms with Crippen LogP contribution in [-0.2, 0) is 6.54 Å². The van der Waals surface area contributed by atoms with Crippen molar-refractivity contribution in [3.05, 3.63) is 33.3 Å². The summed E-state index contributed by atoms with van der Waals surface area (Å²) < 4.78 is 0. The van der Waals surface area contributed by atoms with Crippen molar-refractivity contribution in [3.63, 3.8) is 0 Å². The summed E-state index contributed by atoms with van der Waals surface area (Å²) in [6, 6.07) is 4.81. The van der Waals surface area contributed by atoms with Gasteiger partial charge in [0, 0.05) is 35.2 Å². The van der Waals surface area contributed by atoms with Crippen LogP contribution < -0.4 is 5.73 Å². The zero-order valence-electron chi connectivity index (χ0n) is 11.7. The molecular weight excluding hydrogens is 291 g/mol. The molecule has 1 aliphatic carbocycles. The molecule has 1 heterocycles. The lowest BCUT2D eigenvalue weighted by atomic mass is 10.0. The van der Waals surface area contributed by atoms with E-state index >= 15 is 0 Å². The van der Waals surface area contributed by atoms with Crippen LogP contribution in [0.25, 0.3) is 0 Å². The number of rotatable bonds is 2. The predicted octanol–water partition coefficient (Wildman–Crippen LogP) is 4.53. The summed E-state index contributed by atoms with van der Waals surface area (Å²) in [5.41, 5.74) is 8.54. The van der Waals surface area contributed by atoms with Gasteiger partial charge in [0.25, 0.3) is 0 Å². The van der Waals surface area contributed by atoms with Crippen LogP contribution in [0.3, 0.4) is 0 Å². The third-order valence-electron chi connectivity index (χ3n) is 4.78. The zero-order chi connectivity index (χ0) is 14.1. The molecule has 1 aliphatic heterocycles. The molecule has 1 fully saturated rings. The van der Waals surface area contributed by atoms with E-state index < -0.39 is 0 Å². The molecule has 2 N–H and O–H groups in total. The van der Waals surface area contributed by atoms with Crippen molar-refractivity contribution in [1.82, 2.24) is 4.90 Å². The van der Waals surface area contributed by atoms with Crippen molar-refractivity contribution >= 4 is 23.2 Å². The lowest BCUT2D eigenvalue weighted by Crippen LogP contribution is -2.36. The first-order chi connectivity index (χ1) is 9.70. The third-order valence-corrected chi connectivity index (χ3v) is 5.31. The summed E-state index contributed by atoms with van der Waals surface area (Å²) in [4.78, 5) is 2.57. The highest BCUT2D eigenvalue weighted by Crippen LogP contribution is 2.42. The van der Waals surface area contributed by atoms with Crippen LogP contribution in [0.2, 0.25) is 10.0 Å². The summed E-state index contributed by atoms with van der Waals surface area (Å²) >= 11 is 12.6. The molecule has 1 saturated carbocycles. The molecule has 20 heavy (non-hydrogen) atoms. The molecular formula is C16H22Cl2N2. The quantitative estimate of drug-likeness (QED) is 0.813. The van der Waals surface area contributed by atoms with Gasteiger partial charge in [-0.25, -0.2) is 0 Å². The molecule has 4 heteroatoms. The van der Waals surface area contributed by atoms with Gasteiger partial charge in [-0.2, -0.15) is 0 Å². The van der Waals surface area contributed by atoms with Gasteiger partial charge in [-0.15, -0.1) is 0 Å². The van der Waals surface area contributed by atoms with Gasteiger partial charge in [-0.05, 0) is 36.1 Å². The van der Waals surface area contributed by atoms with E-state index in [1.807, 2.05) is 6.07 Å². The second-order valence-electron chi connectivity index (χ2n) is 6.03. The van der Waals surface area contributed by atoms with Gasteiger partial charge >= 0.3 is 0 Å². The minimum Gasteiger partial charge on any atom is -0.329 e. The first-order valence-corrected chi connectivity index (χ1v) is 8.40. The van der Waals surface area contributed by atoms with Gasteiger partial charge in [-0.1, -0.05) is 48.9 Å². The Labute approximate surface area is 131 Å². The van der Waals surface area contributed by atoms with Gasteiger partial charge < -0.3 is 5.73 Å². The molecule has 1 aromatic carbocycles. The normalized spacial score (nSPS) is 24.6. The molecule has 0 radical (unpaired) electrons. The van der Waals surface area contributed by atoms with Crippen molar-refractivity contribution in [1.29, 1.82) is 0 Å². The maximum absolute atomic E-state index is 6.42. The summed E-state index contributed by atoms with van der Waals surface area (Å²) in [6.45, 7) is 1.58. The largest absolute Gasteiger partial charge is 0.329 e. The van der Waals surface area contributed by atoms with E-state index in [0.29, 0.717) is 12.6 Å². The number of fused-ring (bicyclic) bond motifs is 1. The zero-order valence-corrected chi connectivity index (χ0v) is 13.3. The Morgan fingerprint density at radius 1 is 1.10 bits per heavy atom. The minimum atomic E-state index is 0.262. The Hall–Kier alpha value is -0.280. The number of hydrogen-bond donors (Lipinski definition) is 1. The number of nitrogens with two attached hydrogens (primary N) is 1. The fourth-order valence-corrected chi connectivity index (χ4v) is 4.50. The Balaban J connectivity index is 1.89. The van der Waals surface area contributed by atoms with E-state index in [1.165, 1.54) is 49.7 Å². The van der Waals surface area contributed by atoms with E-state index in [4.69, 9.17) is 28.9 Å². The summed E-state index contributed by atoms with van der Waals surface area (Å²) in [5, 5.41) is 1.51. The number of hydrogen-bond acceptors (Lipinski definition) is 2. The predicted molar refractivity (Wildman–Crippen MR) is 85.3 cm³/mol. The smallest absolute Gasteiger partial charge is 0.0494 e. The average Bonchev–Trinajstić information content (AvgIpc) is 2.60. The highest BCUT2D eigenvalue weighted by molar-refractivity contribution is 6.35. The third kappa shape index (κ3) is 2.71. The number of halogens is 2. The summed E-state index contributed by atoms with van der Waals surface area (Å²) in [7, 11) is 0. The van der Waals surface area contributed by atoms with Crippen LogP contribution in [0.4, 0.5) is 0 Å². The fourth-order valence-electron chi connectivity index (χ4n) is 3.84. The fraction of sp³-hybridized carbons (Fsp3) is 0.625. The first kappa shape index (κ1) is 14.6. The molecule has 0 saturated heterocycles. The second kappa shape index (κ2) is 6.23. The van der Waals surface area contributed by atoms with Gasteiger partial charge in [0.1, 0.15) is 0 Å². The minimum absolute atomic E-state index is 0.262. The van der Waals surface area contributed by atoms with E-state index in [-0.39, 0.29) is 6.04 Å². The van der Waals surface area contributed by atoms with Crippen molar-refractivity contribution in [2.45, 2.75) is 57.2 Å². The first-order valence-electron chi connectivity index (χ1n) is 7.64. The van der Waals surface area contributed by atoms with Crippen LogP contribution in [0.1, 0.15) is 55.7 Å². The van der Waals surface area contributed by atoms with Crippen LogP contribution in [0.5, 0.6) is 0 Å². The Kier molecular flexibility index (Phi) is 4.56. The second-order valence-corrected chi connectivity index (χ2v) is 6.87. The SMILES string of the molecule is NCC1c2c(Cl)cc(Cl)cc2CN1C1CCCCCC1. The van der Waals surface area contributed by atoms with E-state index in [0.717, 1.165) is 16.6 Å². The molecule has 0 amide bonds. The molecule has 2 aliphatic rings. The molecule has 1 atom stereocenters. The average molecular weight is 313 g/mol. The standard InChI is InChI=1S/C16H22Cl2N2/c17-12-7-11-10-20(13-5-3-1-2-4-6-13)15(9-19)16(11)14(18)8-12/h7-8,13,15H,1-6,9-10,19H2. The Morgan fingerprint density at radius 2 is 1.80 bits per heavy atom. The lowest BCUT2D eigenvalue weighted by Gasteiger charge is -2.32. The topological polar surface area (TPSA) is 29.3 Å². The van der Waals surface area contributed by atoms with Crippen LogP contribution in [-0.4, -0.2) is 17.5 Å². The molecule has 0 aromatic heterocycles. The molecule has 110 valence electrons. The molecule has 1 aromatic rings. The van der Waals surface area contributed by atoms with Gasteiger partial charge in [0.15, 0.2) is 0 Å². The van der Waals surface area contributed by atoms with Gasteiger partial charge in [-0.3, -0.25) is 4.90 Å². The van der Waals surface area contributed by atoms with Gasteiger partial charge in [0.05, 0.1) is 0 Å². The van der Waals surface area contributed by atoms with E-state index in [9.17, 15) is 0 Å². The maximum atomic E-state index is 6.42. The molecule has 2 nitrogen and oxygen atoms in total. The maximum Gasteiger partial charge on any atom is 0.0494 e. The van der Waals surface area contributed by atoms with Crippen molar-refractivity contribution in [2.75, 3.05) is 6.54 Å². The Morgan fingerprint density at radius 3 is 2.45 bits per heavy atom. The monoisotopic (exact) mass is 312 g/mol. The molecule has 3 rings (SSSR count). The summed E-state index contributed by atoms with van der Waals surface area (Å²) in [5.74, 6) is 0. The van der Waals surface area contributed by atoms with E-state index in [1.54, 1.807) is 0 Å². The van der Waals surface area contributed by atoms with Crippen molar-refractivity contribution in [2.24, 2.45) is 5.73 Å².